The summed E-state index contributed by atoms with van der Waals surface area (Å²) in [5, 5.41) is 9.05. The maximum Gasteiger partial charge on any atom is 0.343 e. The molecule has 82 valence electrons. The standard InChI is InChI=1S/C10H11BrO4/c1-14-9(13)6-15-10-7(5-12)3-2-4-8(10)11/h2-4,12H,5-6H2,1H3. The minimum atomic E-state index is -0.463. The molecule has 0 saturated carbocycles. The van der Waals surface area contributed by atoms with E-state index in [1.54, 1.807) is 18.2 Å². The lowest BCUT2D eigenvalue weighted by molar-refractivity contribution is -0.142. The summed E-state index contributed by atoms with van der Waals surface area (Å²) in [5.41, 5.74) is 0.619. The molecule has 0 spiro atoms. The number of ether oxygens (including phenoxy) is 2. The lowest BCUT2D eigenvalue weighted by Gasteiger charge is -2.10. The largest absolute Gasteiger partial charge is 0.480 e. The van der Waals surface area contributed by atoms with Crippen molar-refractivity contribution in [1.82, 2.24) is 0 Å². The van der Waals surface area contributed by atoms with Crippen LogP contribution in [0.15, 0.2) is 22.7 Å². The number of hydrogen-bond donors (Lipinski definition) is 1. The SMILES string of the molecule is COC(=O)COc1c(Br)cccc1CO. The normalized spacial score (nSPS) is 9.80. The van der Waals surface area contributed by atoms with Crippen molar-refractivity contribution in [3.63, 3.8) is 0 Å². The van der Waals surface area contributed by atoms with Crippen LogP contribution in [0.3, 0.4) is 0 Å². The fraction of sp³-hybridized carbons (Fsp3) is 0.300. The van der Waals surface area contributed by atoms with Gasteiger partial charge in [0, 0.05) is 5.56 Å². The van der Waals surface area contributed by atoms with Crippen LogP contribution in [-0.4, -0.2) is 24.8 Å². The van der Waals surface area contributed by atoms with Gasteiger partial charge in [0.15, 0.2) is 6.61 Å². The predicted octanol–water partition coefficient (Wildman–Crippen LogP) is 1.49. The van der Waals surface area contributed by atoms with Gasteiger partial charge in [0.1, 0.15) is 5.75 Å². The van der Waals surface area contributed by atoms with Gasteiger partial charge in [-0.2, -0.15) is 0 Å². The van der Waals surface area contributed by atoms with Crippen LogP contribution in [0.25, 0.3) is 0 Å². The first-order valence-corrected chi connectivity index (χ1v) is 5.06. The number of esters is 1. The van der Waals surface area contributed by atoms with E-state index in [-0.39, 0.29) is 13.2 Å². The van der Waals surface area contributed by atoms with E-state index in [4.69, 9.17) is 9.84 Å². The highest BCUT2D eigenvalue weighted by atomic mass is 79.9. The van der Waals surface area contributed by atoms with Crippen LogP contribution in [-0.2, 0) is 16.1 Å². The molecule has 0 atom stereocenters. The summed E-state index contributed by atoms with van der Waals surface area (Å²) >= 11 is 3.27. The highest BCUT2D eigenvalue weighted by Crippen LogP contribution is 2.28. The third kappa shape index (κ3) is 3.21. The quantitative estimate of drug-likeness (QED) is 0.846. The van der Waals surface area contributed by atoms with Crippen molar-refractivity contribution < 1.29 is 19.4 Å². The van der Waals surface area contributed by atoms with Gasteiger partial charge < -0.3 is 14.6 Å². The molecular formula is C10H11BrO4. The third-order valence-corrected chi connectivity index (χ3v) is 2.41. The van der Waals surface area contributed by atoms with Crippen molar-refractivity contribution >= 4 is 21.9 Å². The van der Waals surface area contributed by atoms with Crippen LogP contribution in [0.1, 0.15) is 5.56 Å². The highest BCUT2D eigenvalue weighted by molar-refractivity contribution is 9.10. The molecule has 5 heteroatoms. The van der Waals surface area contributed by atoms with E-state index in [0.29, 0.717) is 15.8 Å². The predicted molar refractivity (Wildman–Crippen MR) is 57.6 cm³/mol. The van der Waals surface area contributed by atoms with Crippen LogP contribution in [0.2, 0.25) is 0 Å². The summed E-state index contributed by atoms with van der Waals surface area (Å²) in [6.45, 7) is -0.317. The molecule has 0 fully saturated rings. The van der Waals surface area contributed by atoms with Crippen LogP contribution < -0.4 is 4.74 Å². The van der Waals surface area contributed by atoms with Gasteiger partial charge in [-0.25, -0.2) is 4.79 Å². The zero-order chi connectivity index (χ0) is 11.3. The molecule has 1 N–H and O–H groups in total. The van der Waals surface area contributed by atoms with Crippen LogP contribution >= 0.6 is 15.9 Å². The maximum absolute atomic E-state index is 10.9. The number of aliphatic hydroxyl groups is 1. The Balaban J connectivity index is 2.78. The number of carbonyl (C=O) groups is 1. The van der Waals surface area contributed by atoms with E-state index < -0.39 is 5.97 Å². The lowest BCUT2D eigenvalue weighted by Crippen LogP contribution is -2.13. The summed E-state index contributed by atoms with van der Waals surface area (Å²) in [5.74, 6) is 0.0000397. The Morgan fingerprint density at radius 2 is 2.27 bits per heavy atom. The number of rotatable bonds is 4. The van der Waals surface area contributed by atoms with Gasteiger partial charge >= 0.3 is 5.97 Å². The third-order valence-electron chi connectivity index (χ3n) is 1.78. The number of aliphatic hydroxyl groups excluding tert-OH is 1. The Labute approximate surface area is 95.9 Å². The molecule has 0 aromatic heterocycles. The minimum Gasteiger partial charge on any atom is -0.480 e. The fourth-order valence-electron chi connectivity index (χ4n) is 1.03. The van der Waals surface area contributed by atoms with E-state index in [9.17, 15) is 4.79 Å². The Morgan fingerprint density at radius 1 is 1.53 bits per heavy atom. The van der Waals surface area contributed by atoms with Gasteiger partial charge in [0.2, 0.25) is 0 Å². The number of para-hydroxylation sites is 1. The molecule has 0 radical (unpaired) electrons. The maximum atomic E-state index is 10.9. The summed E-state index contributed by atoms with van der Waals surface area (Å²) in [6, 6.07) is 5.27. The second-order valence-corrected chi connectivity index (χ2v) is 3.61. The van der Waals surface area contributed by atoms with Crippen molar-refractivity contribution in [1.29, 1.82) is 0 Å². The van der Waals surface area contributed by atoms with Crippen molar-refractivity contribution in [2.24, 2.45) is 0 Å². The molecule has 1 rings (SSSR count). The van der Waals surface area contributed by atoms with E-state index >= 15 is 0 Å². The molecule has 0 amide bonds. The van der Waals surface area contributed by atoms with E-state index in [1.165, 1.54) is 7.11 Å². The van der Waals surface area contributed by atoms with Crippen LogP contribution in [0.4, 0.5) is 0 Å². The molecule has 15 heavy (non-hydrogen) atoms. The van der Waals surface area contributed by atoms with Gasteiger partial charge in [0.25, 0.3) is 0 Å². The van der Waals surface area contributed by atoms with Gasteiger partial charge in [-0.15, -0.1) is 0 Å². The van der Waals surface area contributed by atoms with Gasteiger partial charge in [-0.1, -0.05) is 12.1 Å². The summed E-state index contributed by atoms with van der Waals surface area (Å²) in [6.07, 6.45) is 0. The fourth-order valence-corrected chi connectivity index (χ4v) is 1.55. The molecule has 0 aliphatic rings. The number of carbonyl (C=O) groups excluding carboxylic acids is 1. The molecule has 0 aliphatic heterocycles. The second kappa shape index (κ2) is 5.72. The number of hydrogen-bond acceptors (Lipinski definition) is 4. The van der Waals surface area contributed by atoms with E-state index in [1.807, 2.05) is 0 Å². The number of halogens is 1. The van der Waals surface area contributed by atoms with Gasteiger partial charge in [-0.05, 0) is 22.0 Å². The molecule has 1 aromatic carbocycles. The zero-order valence-corrected chi connectivity index (χ0v) is 9.78. The molecule has 0 aliphatic carbocycles. The first kappa shape index (κ1) is 12.0. The Kier molecular flexibility index (Phi) is 4.58. The summed E-state index contributed by atoms with van der Waals surface area (Å²) in [4.78, 5) is 10.9. The second-order valence-electron chi connectivity index (χ2n) is 2.75. The van der Waals surface area contributed by atoms with Crippen molar-refractivity contribution in [2.75, 3.05) is 13.7 Å². The summed E-state index contributed by atoms with van der Waals surface area (Å²) in [7, 11) is 1.29. The van der Waals surface area contributed by atoms with Crippen LogP contribution in [0.5, 0.6) is 5.75 Å². The van der Waals surface area contributed by atoms with Crippen molar-refractivity contribution in [2.45, 2.75) is 6.61 Å². The molecular weight excluding hydrogens is 264 g/mol. The summed E-state index contributed by atoms with van der Waals surface area (Å²) < 4.78 is 10.4. The van der Waals surface area contributed by atoms with Gasteiger partial charge in [0.05, 0.1) is 18.2 Å². The molecule has 0 unspecified atom stereocenters. The Morgan fingerprint density at radius 3 is 2.87 bits per heavy atom. The molecule has 4 nitrogen and oxygen atoms in total. The average Bonchev–Trinajstić information content (AvgIpc) is 2.26. The minimum absolute atomic E-state index is 0.143. The first-order valence-electron chi connectivity index (χ1n) is 4.27. The van der Waals surface area contributed by atoms with Gasteiger partial charge in [-0.3, -0.25) is 0 Å². The molecule has 0 heterocycles. The molecule has 0 saturated heterocycles. The molecule has 0 bridgehead atoms. The zero-order valence-electron chi connectivity index (χ0n) is 8.20. The monoisotopic (exact) mass is 274 g/mol. The van der Waals surface area contributed by atoms with E-state index in [2.05, 4.69) is 20.7 Å². The molecule has 1 aromatic rings. The first-order chi connectivity index (χ1) is 7.19. The van der Waals surface area contributed by atoms with Crippen molar-refractivity contribution in [3.8, 4) is 5.75 Å². The Bertz CT molecular complexity index is 351. The van der Waals surface area contributed by atoms with Crippen molar-refractivity contribution in [3.05, 3.63) is 28.2 Å². The smallest absolute Gasteiger partial charge is 0.343 e. The van der Waals surface area contributed by atoms with E-state index in [0.717, 1.165) is 0 Å². The number of benzene rings is 1. The highest BCUT2D eigenvalue weighted by Gasteiger charge is 2.09. The lowest BCUT2D eigenvalue weighted by atomic mass is 10.2. The topological polar surface area (TPSA) is 55.8 Å². The van der Waals surface area contributed by atoms with Crippen LogP contribution in [0, 0.1) is 0 Å². The Hall–Kier alpha value is -1.07. The number of methoxy groups -OCH3 is 1. The average molecular weight is 275 g/mol.